The van der Waals surface area contributed by atoms with Gasteiger partial charge in [-0.3, -0.25) is 4.79 Å². The first-order valence-corrected chi connectivity index (χ1v) is 9.70. The van der Waals surface area contributed by atoms with Crippen molar-refractivity contribution < 1.29 is 23.1 Å². The summed E-state index contributed by atoms with van der Waals surface area (Å²) in [5.41, 5.74) is 0.584. The second-order valence-corrected chi connectivity index (χ2v) is 8.17. The molecular weight excluding hydrogens is 412 g/mol. The normalized spacial score (nSPS) is 12.1. The maximum atomic E-state index is 13.4. The Bertz CT molecular complexity index is 912. The number of benzene rings is 2. The van der Waals surface area contributed by atoms with Crippen LogP contribution in [0.1, 0.15) is 33.3 Å². The minimum absolute atomic E-state index is 0.112. The number of hydrogen-bond donors (Lipinski definition) is 4. The molecule has 0 saturated heterocycles. The Kier molecular flexibility index (Phi) is 7.66. The number of hydrogen-bond acceptors (Lipinski definition) is 5. The van der Waals surface area contributed by atoms with Gasteiger partial charge in [-0.15, -0.1) is 12.6 Å². The molecule has 0 unspecified atom stereocenters. The molecule has 9 heteroatoms. The summed E-state index contributed by atoms with van der Waals surface area (Å²) in [6.07, 6.45) is -0.709. The van der Waals surface area contributed by atoms with E-state index in [0.717, 1.165) is 6.07 Å². The molecule has 6 nitrogen and oxygen atoms in total. The number of carbonyl (C=O) groups excluding carboxylic acids is 2. The molecule has 0 aliphatic rings. The zero-order chi connectivity index (χ0) is 22.5. The molecule has 0 bridgehead atoms. The van der Waals surface area contributed by atoms with Gasteiger partial charge in [0.15, 0.2) is 0 Å². The van der Waals surface area contributed by atoms with Crippen molar-refractivity contribution in [3.63, 3.8) is 0 Å². The largest absolute Gasteiger partial charge is 0.444 e. The van der Waals surface area contributed by atoms with Gasteiger partial charge in [-0.2, -0.15) is 0 Å². The number of amides is 2. The zero-order valence-electron chi connectivity index (χ0n) is 17.2. The summed E-state index contributed by atoms with van der Waals surface area (Å²) in [4.78, 5) is 24.9. The van der Waals surface area contributed by atoms with Gasteiger partial charge >= 0.3 is 6.09 Å². The van der Waals surface area contributed by atoms with E-state index >= 15 is 0 Å². The van der Waals surface area contributed by atoms with Crippen LogP contribution in [0.3, 0.4) is 0 Å². The van der Waals surface area contributed by atoms with E-state index in [2.05, 4.69) is 28.6 Å². The average molecular weight is 438 g/mol. The lowest BCUT2D eigenvalue weighted by molar-refractivity contribution is -0.117. The highest BCUT2D eigenvalue weighted by molar-refractivity contribution is 7.80. The van der Waals surface area contributed by atoms with Crippen molar-refractivity contribution in [2.45, 2.75) is 50.8 Å². The number of carbonyl (C=O) groups is 2. The van der Waals surface area contributed by atoms with Crippen molar-refractivity contribution in [1.82, 2.24) is 5.32 Å². The van der Waals surface area contributed by atoms with Crippen molar-refractivity contribution in [3.8, 4) is 0 Å². The standard InChI is InChI=1S/C21H25F2N3O3S/c1-12(25-20(28)29-21(2,3)4)19(27)26-16-6-5-7-17(30)18(16)24-11-13-8-14(22)10-15(23)9-13/h5-10,12,24,30H,11H2,1-4H3,(H,25,28)(H,26,27)/t12-/m0/s1. The van der Waals surface area contributed by atoms with Gasteiger partial charge in [0, 0.05) is 17.5 Å². The second-order valence-electron chi connectivity index (χ2n) is 7.69. The predicted octanol–water partition coefficient (Wildman–Crippen LogP) is 4.72. The van der Waals surface area contributed by atoms with Gasteiger partial charge in [-0.05, 0) is 57.5 Å². The van der Waals surface area contributed by atoms with Crippen LogP contribution >= 0.6 is 12.6 Å². The summed E-state index contributed by atoms with van der Waals surface area (Å²) in [7, 11) is 0. The third-order valence-electron chi connectivity index (χ3n) is 3.82. The lowest BCUT2D eigenvalue weighted by Gasteiger charge is -2.22. The van der Waals surface area contributed by atoms with Gasteiger partial charge in [0.05, 0.1) is 11.4 Å². The quantitative estimate of drug-likeness (QED) is 0.493. The monoisotopic (exact) mass is 437 g/mol. The van der Waals surface area contributed by atoms with Crippen LogP contribution in [0.5, 0.6) is 0 Å². The fourth-order valence-corrected chi connectivity index (χ4v) is 2.81. The summed E-state index contributed by atoms with van der Waals surface area (Å²) in [6.45, 7) is 6.79. The Hall–Kier alpha value is -2.81. The lowest BCUT2D eigenvalue weighted by atomic mass is 10.2. The molecule has 30 heavy (non-hydrogen) atoms. The third-order valence-corrected chi connectivity index (χ3v) is 4.19. The minimum atomic E-state index is -0.867. The van der Waals surface area contributed by atoms with Gasteiger partial charge in [0.1, 0.15) is 23.3 Å². The number of nitrogens with one attached hydrogen (secondary N) is 3. The molecule has 3 N–H and O–H groups in total. The number of alkyl carbamates (subject to hydrolysis) is 1. The minimum Gasteiger partial charge on any atom is -0.444 e. The van der Waals surface area contributed by atoms with Crippen molar-refractivity contribution >= 4 is 36.0 Å². The van der Waals surface area contributed by atoms with E-state index in [1.54, 1.807) is 39.0 Å². The van der Waals surface area contributed by atoms with Crippen molar-refractivity contribution in [1.29, 1.82) is 0 Å². The molecule has 2 aromatic carbocycles. The van der Waals surface area contributed by atoms with Gasteiger partial charge in [0.25, 0.3) is 0 Å². The summed E-state index contributed by atoms with van der Waals surface area (Å²) in [5.74, 6) is -1.83. The van der Waals surface area contributed by atoms with Gasteiger partial charge in [-0.25, -0.2) is 13.6 Å². The van der Waals surface area contributed by atoms with Crippen LogP contribution in [0.25, 0.3) is 0 Å². The van der Waals surface area contributed by atoms with E-state index < -0.39 is 35.3 Å². The lowest BCUT2D eigenvalue weighted by Crippen LogP contribution is -2.44. The number of halogens is 2. The van der Waals surface area contributed by atoms with E-state index in [-0.39, 0.29) is 6.54 Å². The molecule has 2 amide bonds. The van der Waals surface area contributed by atoms with Crippen LogP contribution in [-0.4, -0.2) is 23.6 Å². The smallest absolute Gasteiger partial charge is 0.408 e. The van der Waals surface area contributed by atoms with Crippen LogP contribution in [-0.2, 0) is 16.1 Å². The van der Waals surface area contributed by atoms with Crippen molar-refractivity contribution in [3.05, 3.63) is 53.6 Å². The molecule has 0 heterocycles. The van der Waals surface area contributed by atoms with Gasteiger partial charge in [-0.1, -0.05) is 6.07 Å². The molecule has 0 radical (unpaired) electrons. The maximum Gasteiger partial charge on any atom is 0.408 e. The highest BCUT2D eigenvalue weighted by Gasteiger charge is 2.22. The summed E-state index contributed by atoms with van der Waals surface area (Å²) >= 11 is 4.38. The molecule has 0 aromatic heterocycles. The molecule has 0 spiro atoms. The molecule has 0 fully saturated rings. The first-order chi connectivity index (χ1) is 13.9. The predicted molar refractivity (Wildman–Crippen MR) is 115 cm³/mol. The van der Waals surface area contributed by atoms with Crippen molar-refractivity contribution in [2.75, 3.05) is 10.6 Å². The number of anilines is 2. The van der Waals surface area contributed by atoms with Crippen molar-refractivity contribution in [2.24, 2.45) is 0 Å². The highest BCUT2D eigenvalue weighted by Crippen LogP contribution is 2.29. The zero-order valence-corrected chi connectivity index (χ0v) is 18.1. The molecule has 2 rings (SSSR count). The third kappa shape index (κ3) is 7.22. The SMILES string of the molecule is C[C@H](NC(=O)OC(C)(C)C)C(=O)Nc1cccc(S)c1NCc1cc(F)cc(F)c1. The maximum absolute atomic E-state index is 13.4. The van der Waals surface area contributed by atoms with Gasteiger partial charge in [0.2, 0.25) is 5.91 Å². The van der Waals surface area contributed by atoms with E-state index in [9.17, 15) is 18.4 Å². The summed E-state index contributed by atoms with van der Waals surface area (Å²) in [6, 6.07) is 7.39. The first kappa shape index (κ1) is 23.5. The Morgan fingerprint density at radius 3 is 2.37 bits per heavy atom. The molecule has 0 aliphatic carbocycles. The molecular formula is C21H25F2N3O3S. The molecule has 2 aromatic rings. The number of rotatable bonds is 6. The first-order valence-electron chi connectivity index (χ1n) is 9.26. The van der Waals surface area contributed by atoms with Crippen LogP contribution in [0.4, 0.5) is 25.0 Å². The van der Waals surface area contributed by atoms with E-state index in [1.807, 2.05) is 0 Å². The number of para-hydroxylation sites is 1. The Morgan fingerprint density at radius 1 is 1.13 bits per heavy atom. The van der Waals surface area contributed by atoms with Crippen LogP contribution < -0.4 is 16.0 Å². The van der Waals surface area contributed by atoms with E-state index in [1.165, 1.54) is 19.1 Å². The Morgan fingerprint density at radius 2 is 1.77 bits per heavy atom. The fourth-order valence-electron chi connectivity index (χ4n) is 2.52. The van der Waals surface area contributed by atoms with E-state index in [4.69, 9.17) is 4.74 Å². The molecule has 162 valence electrons. The summed E-state index contributed by atoms with van der Waals surface area (Å²) in [5, 5.41) is 8.21. The van der Waals surface area contributed by atoms with Crippen LogP contribution in [0.15, 0.2) is 41.3 Å². The highest BCUT2D eigenvalue weighted by atomic mass is 32.1. The Balaban J connectivity index is 2.08. The molecule has 0 saturated carbocycles. The van der Waals surface area contributed by atoms with Gasteiger partial charge < -0.3 is 20.7 Å². The Labute approximate surface area is 179 Å². The fraction of sp³-hybridized carbons (Fsp3) is 0.333. The number of thiol groups is 1. The average Bonchev–Trinajstić information content (AvgIpc) is 2.58. The number of ether oxygens (including phenoxy) is 1. The van der Waals surface area contributed by atoms with Crippen LogP contribution in [0.2, 0.25) is 0 Å². The summed E-state index contributed by atoms with van der Waals surface area (Å²) < 4.78 is 31.9. The molecule has 0 aliphatic heterocycles. The van der Waals surface area contributed by atoms with E-state index in [0.29, 0.717) is 21.8 Å². The van der Waals surface area contributed by atoms with Crippen LogP contribution in [0, 0.1) is 11.6 Å². The second kappa shape index (κ2) is 9.80. The molecule has 1 atom stereocenters. The topological polar surface area (TPSA) is 79.5 Å².